The Morgan fingerprint density at radius 1 is 0.750 bits per heavy atom. The summed E-state index contributed by atoms with van der Waals surface area (Å²) in [7, 11) is 6.10. The fourth-order valence-electron chi connectivity index (χ4n) is 5.53. The molecule has 3 amide bonds. The van der Waals surface area contributed by atoms with Gasteiger partial charge in [-0.2, -0.15) is 0 Å². The van der Waals surface area contributed by atoms with Crippen LogP contribution < -0.4 is 29.6 Å². The first-order chi connectivity index (χ1) is 19.4. The van der Waals surface area contributed by atoms with Crippen LogP contribution in [0.25, 0.3) is 0 Å². The normalized spacial score (nSPS) is 20.7. The van der Waals surface area contributed by atoms with Crippen LogP contribution in [0.15, 0.2) is 36.4 Å². The van der Waals surface area contributed by atoms with Crippen molar-refractivity contribution in [1.82, 2.24) is 15.5 Å². The molecule has 2 aromatic rings. The number of rotatable bonds is 9. The monoisotopic (exact) mass is 553 g/mol. The molecule has 1 saturated carbocycles. The number of methoxy groups -OCH3 is 4. The van der Waals surface area contributed by atoms with E-state index in [1.54, 1.807) is 48.4 Å². The summed E-state index contributed by atoms with van der Waals surface area (Å²) in [5.74, 6) is 1.11. The lowest BCUT2D eigenvalue weighted by Crippen LogP contribution is -2.55. The fourth-order valence-corrected chi connectivity index (χ4v) is 5.53. The Labute approximate surface area is 235 Å². The zero-order valence-electron chi connectivity index (χ0n) is 23.7. The molecule has 2 N–H and O–H groups in total. The average molecular weight is 554 g/mol. The van der Waals surface area contributed by atoms with E-state index in [2.05, 4.69) is 10.6 Å². The molecule has 40 heavy (non-hydrogen) atoms. The molecule has 2 fully saturated rings. The molecule has 1 unspecified atom stereocenters. The van der Waals surface area contributed by atoms with E-state index in [0.717, 1.165) is 32.1 Å². The van der Waals surface area contributed by atoms with Gasteiger partial charge in [0.1, 0.15) is 5.75 Å². The number of nitrogens with one attached hydrogen (secondary N) is 2. The number of carbonyl (C=O) groups excluding carboxylic acids is 3. The zero-order valence-corrected chi connectivity index (χ0v) is 23.7. The fraction of sp³-hybridized carbons (Fsp3) is 0.500. The topological polar surface area (TPSA) is 115 Å². The third-order valence-electron chi connectivity index (χ3n) is 7.75. The predicted octanol–water partition coefficient (Wildman–Crippen LogP) is 3.43. The third-order valence-corrected chi connectivity index (χ3v) is 7.75. The molecule has 0 spiro atoms. The molecule has 4 rings (SSSR count). The van der Waals surface area contributed by atoms with Crippen molar-refractivity contribution in [2.45, 2.75) is 50.6 Å². The van der Waals surface area contributed by atoms with Gasteiger partial charge in [0.25, 0.3) is 11.8 Å². The van der Waals surface area contributed by atoms with E-state index >= 15 is 0 Å². The van der Waals surface area contributed by atoms with Crippen molar-refractivity contribution < 1.29 is 33.3 Å². The van der Waals surface area contributed by atoms with Crippen LogP contribution in [0.4, 0.5) is 0 Å². The maximum absolute atomic E-state index is 13.4. The Balaban J connectivity index is 1.40. The largest absolute Gasteiger partial charge is 0.497 e. The van der Waals surface area contributed by atoms with Gasteiger partial charge >= 0.3 is 0 Å². The molecule has 0 radical (unpaired) electrons. The van der Waals surface area contributed by atoms with Crippen LogP contribution >= 0.6 is 0 Å². The van der Waals surface area contributed by atoms with Crippen LogP contribution in [0.1, 0.15) is 59.2 Å². The van der Waals surface area contributed by atoms with Gasteiger partial charge in [-0.1, -0.05) is 12.8 Å². The highest BCUT2D eigenvalue weighted by atomic mass is 16.5. The average Bonchev–Trinajstić information content (AvgIpc) is 3.00. The van der Waals surface area contributed by atoms with Crippen LogP contribution in [-0.4, -0.2) is 76.2 Å². The molecule has 1 aliphatic heterocycles. The number of hydrogen-bond donors (Lipinski definition) is 2. The predicted molar refractivity (Wildman–Crippen MR) is 149 cm³/mol. The Hall–Kier alpha value is -3.95. The number of carbonyl (C=O) groups is 3. The summed E-state index contributed by atoms with van der Waals surface area (Å²) in [5, 5.41) is 6.31. The van der Waals surface area contributed by atoms with E-state index in [-0.39, 0.29) is 35.7 Å². The van der Waals surface area contributed by atoms with E-state index < -0.39 is 0 Å². The number of benzene rings is 2. The standard InChI is InChI=1S/C30H39N3O7/c1-37-22-13-11-19(12-14-22)28(34)31-23-9-5-6-10-24(23)32-29(35)20-8-7-15-33(18-20)30(36)21-16-25(38-2)27(40-4)26(17-21)39-3/h11-14,16-17,20,23-24H,5-10,15,18H2,1-4H3,(H,31,34)(H,32,35)/t20?,23-,24-/m1/s1. The summed E-state index contributed by atoms with van der Waals surface area (Å²) >= 11 is 0. The molecule has 1 saturated heterocycles. The van der Waals surface area contributed by atoms with Crippen LogP contribution in [0.2, 0.25) is 0 Å². The van der Waals surface area contributed by atoms with Gasteiger partial charge in [-0.15, -0.1) is 0 Å². The second kappa shape index (κ2) is 13.4. The highest BCUT2D eigenvalue weighted by Gasteiger charge is 2.34. The summed E-state index contributed by atoms with van der Waals surface area (Å²) in [4.78, 5) is 41.4. The van der Waals surface area contributed by atoms with E-state index in [1.807, 2.05) is 0 Å². The Bertz CT molecular complexity index is 1180. The number of nitrogens with zero attached hydrogens (tertiary/aromatic N) is 1. The van der Waals surface area contributed by atoms with Crippen LogP contribution in [-0.2, 0) is 4.79 Å². The van der Waals surface area contributed by atoms with Crippen LogP contribution in [0.3, 0.4) is 0 Å². The van der Waals surface area contributed by atoms with E-state index in [4.69, 9.17) is 18.9 Å². The minimum atomic E-state index is -0.334. The number of piperidine rings is 1. The van der Waals surface area contributed by atoms with Gasteiger partial charge in [0.05, 0.1) is 34.4 Å². The summed E-state index contributed by atoms with van der Waals surface area (Å²) < 4.78 is 21.3. The molecular formula is C30H39N3O7. The molecular weight excluding hydrogens is 514 g/mol. The highest BCUT2D eigenvalue weighted by molar-refractivity contribution is 5.96. The smallest absolute Gasteiger partial charge is 0.254 e. The summed E-state index contributed by atoms with van der Waals surface area (Å²) in [5.41, 5.74) is 0.953. The summed E-state index contributed by atoms with van der Waals surface area (Å²) in [6.45, 7) is 0.875. The lowest BCUT2D eigenvalue weighted by Gasteiger charge is -2.36. The van der Waals surface area contributed by atoms with Gasteiger partial charge < -0.3 is 34.5 Å². The van der Waals surface area contributed by atoms with Crippen LogP contribution in [0.5, 0.6) is 23.0 Å². The van der Waals surface area contributed by atoms with Gasteiger partial charge in [0, 0.05) is 36.3 Å². The molecule has 0 aromatic heterocycles. The molecule has 0 bridgehead atoms. The highest BCUT2D eigenvalue weighted by Crippen LogP contribution is 2.38. The molecule has 1 aliphatic carbocycles. The quantitative estimate of drug-likeness (QED) is 0.489. The van der Waals surface area contributed by atoms with Crippen molar-refractivity contribution >= 4 is 17.7 Å². The van der Waals surface area contributed by atoms with E-state index in [0.29, 0.717) is 53.6 Å². The molecule has 2 aliphatic rings. The Morgan fingerprint density at radius 3 is 1.95 bits per heavy atom. The van der Waals surface area contributed by atoms with Crippen molar-refractivity contribution in [2.75, 3.05) is 41.5 Å². The number of amides is 3. The van der Waals surface area contributed by atoms with Gasteiger partial charge in [-0.3, -0.25) is 14.4 Å². The lowest BCUT2D eigenvalue weighted by atomic mass is 9.88. The number of ether oxygens (including phenoxy) is 4. The van der Waals surface area contributed by atoms with Gasteiger partial charge in [-0.05, 0) is 62.1 Å². The molecule has 2 aromatic carbocycles. The van der Waals surface area contributed by atoms with Crippen molar-refractivity contribution in [2.24, 2.45) is 5.92 Å². The maximum Gasteiger partial charge on any atom is 0.254 e. The summed E-state index contributed by atoms with van der Waals surface area (Å²) in [6.07, 6.45) is 4.97. The lowest BCUT2D eigenvalue weighted by molar-refractivity contribution is -0.127. The van der Waals surface area contributed by atoms with Crippen molar-refractivity contribution in [1.29, 1.82) is 0 Å². The Morgan fingerprint density at radius 2 is 1.38 bits per heavy atom. The maximum atomic E-state index is 13.4. The molecule has 3 atom stereocenters. The third kappa shape index (κ3) is 6.60. The molecule has 1 heterocycles. The second-order valence-corrected chi connectivity index (χ2v) is 10.2. The van der Waals surface area contributed by atoms with Crippen LogP contribution in [0, 0.1) is 5.92 Å². The molecule has 216 valence electrons. The second-order valence-electron chi connectivity index (χ2n) is 10.2. The zero-order chi connectivity index (χ0) is 28.6. The molecule has 10 nitrogen and oxygen atoms in total. The number of likely N-dealkylation sites (tertiary alicyclic amines) is 1. The minimum absolute atomic E-state index is 0.0852. The summed E-state index contributed by atoms with van der Waals surface area (Å²) in [6, 6.07) is 9.90. The Kier molecular flexibility index (Phi) is 9.74. The first-order valence-corrected chi connectivity index (χ1v) is 13.7. The van der Waals surface area contributed by atoms with Gasteiger partial charge in [0.15, 0.2) is 11.5 Å². The van der Waals surface area contributed by atoms with Crippen molar-refractivity contribution in [3.8, 4) is 23.0 Å². The van der Waals surface area contributed by atoms with E-state index in [1.165, 1.54) is 21.3 Å². The minimum Gasteiger partial charge on any atom is -0.497 e. The first kappa shape index (κ1) is 29.0. The number of hydrogen-bond acceptors (Lipinski definition) is 7. The van der Waals surface area contributed by atoms with Crippen molar-refractivity contribution in [3.05, 3.63) is 47.5 Å². The van der Waals surface area contributed by atoms with Gasteiger partial charge in [-0.25, -0.2) is 0 Å². The molecule has 10 heteroatoms. The van der Waals surface area contributed by atoms with Gasteiger partial charge in [0.2, 0.25) is 11.7 Å². The van der Waals surface area contributed by atoms with Crippen molar-refractivity contribution in [3.63, 3.8) is 0 Å². The first-order valence-electron chi connectivity index (χ1n) is 13.7. The SMILES string of the molecule is COc1ccc(C(=O)N[C@@H]2CCCC[C@H]2NC(=O)C2CCCN(C(=O)c3cc(OC)c(OC)c(OC)c3)C2)cc1. The van der Waals surface area contributed by atoms with E-state index in [9.17, 15) is 14.4 Å².